The number of methoxy groups -OCH3 is 1. The van der Waals surface area contributed by atoms with E-state index in [-0.39, 0.29) is 10.8 Å². The van der Waals surface area contributed by atoms with Crippen molar-refractivity contribution in [3.05, 3.63) is 0 Å². The number of halogens is 1. The van der Waals surface area contributed by atoms with Crippen LogP contribution in [0.3, 0.4) is 0 Å². The Morgan fingerprint density at radius 2 is 2.36 bits per heavy atom. The highest BCUT2D eigenvalue weighted by atomic mass is 79.9. The first kappa shape index (κ1) is 12.0. The van der Waals surface area contributed by atoms with Crippen LogP contribution in [-0.2, 0) is 9.53 Å². The second kappa shape index (κ2) is 5.71. The van der Waals surface area contributed by atoms with E-state index < -0.39 is 0 Å². The van der Waals surface area contributed by atoms with Gasteiger partial charge in [0.15, 0.2) is 0 Å². The van der Waals surface area contributed by atoms with Crippen LogP contribution in [0.25, 0.3) is 0 Å². The van der Waals surface area contributed by atoms with E-state index in [2.05, 4.69) is 32.5 Å². The number of carbonyl (C=O) groups is 1. The van der Waals surface area contributed by atoms with Gasteiger partial charge >= 0.3 is 5.97 Å². The number of hydrogen-bond acceptors (Lipinski definition) is 3. The molecular weight excluding hydrogens is 246 g/mol. The average molecular weight is 264 g/mol. The standard InChI is InChI=1S/C10H18BrNO2/c1-8-5-3-4-6-12(8)7-9(11)10(13)14-2/h8-9H,3-7H2,1-2H3. The minimum absolute atomic E-state index is 0.178. The van der Waals surface area contributed by atoms with Crippen molar-refractivity contribution in [2.24, 2.45) is 0 Å². The van der Waals surface area contributed by atoms with Crippen LogP contribution in [0.15, 0.2) is 0 Å². The Hall–Kier alpha value is -0.0900. The van der Waals surface area contributed by atoms with E-state index in [9.17, 15) is 4.79 Å². The largest absolute Gasteiger partial charge is 0.468 e. The number of likely N-dealkylation sites (tertiary alicyclic amines) is 1. The molecule has 1 aliphatic rings. The lowest BCUT2D eigenvalue weighted by Gasteiger charge is -2.34. The van der Waals surface area contributed by atoms with Gasteiger partial charge in [-0.05, 0) is 26.3 Å². The Balaban J connectivity index is 2.38. The van der Waals surface area contributed by atoms with Crippen molar-refractivity contribution in [1.29, 1.82) is 0 Å². The molecule has 0 aromatic heterocycles. The second-order valence-corrected chi connectivity index (χ2v) is 4.94. The Morgan fingerprint density at radius 1 is 1.64 bits per heavy atom. The molecule has 4 heteroatoms. The molecule has 2 atom stereocenters. The van der Waals surface area contributed by atoms with E-state index in [0.29, 0.717) is 6.04 Å². The molecule has 2 unspecified atom stereocenters. The third-order valence-electron chi connectivity index (χ3n) is 2.79. The van der Waals surface area contributed by atoms with Crippen LogP contribution in [0.1, 0.15) is 26.2 Å². The normalized spacial score (nSPS) is 25.8. The van der Waals surface area contributed by atoms with Crippen molar-refractivity contribution in [1.82, 2.24) is 4.90 Å². The molecule has 1 aliphatic heterocycles. The van der Waals surface area contributed by atoms with Crippen LogP contribution in [0.5, 0.6) is 0 Å². The fourth-order valence-corrected chi connectivity index (χ4v) is 2.40. The number of alkyl halides is 1. The summed E-state index contributed by atoms with van der Waals surface area (Å²) in [6, 6.07) is 0.591. The van der Waals surface area contributed by atoms with E-state index in [4.69, 9.17) is 0 Å². The van der Waals surface area contributed by atoms with Crippen LogP contribution in [-0.4, -0.2) is 41.9 Å². The van der Waals surface area contributed by atoms with Gasteiger partial charge in [-0.2, -0.15) is 0 Å². The highest BCUT2D eigenvalue weighted by molar-refractivity contribution is 9.10. The summed E-state index contributed by atoms with van der Waals surface area (Å²) in [5.41, 5.74) is 0. The molecule has 0 spiro atoms. The van der Waals surface area contributed by atoms with Crippen LogP contribution in [0.2, 0.25) is 0 Å². The molecule has 1 rings (SSSR count). The van der Waals surface area contributed by atoms with E-state index in [1.54, 1.807) is 0 Å². The summed E-state index contributed by atoms with van der Waals surface area (Å²) in [6.07, 6.45) is 3.79. The van der Waals surface area contributed by atoms with Crippen molar-refractivity contribution >= 4 is 21.9 Å². The number of nitrogens with zero attached hydrogens (tertiary/aromatic N) is 1. The maximum absolute atomic E-state index is 11.2. The molecule has 0 N–H and O–H groups in total. The van der Waals surface area contributed by atoms with Crippen LogP contribution >= 0.6 is 15.9 Å². The highest BCUT2D eigenvalue weighted by Gasteiger charge is 2.24. The number of hydrogen-bond donors (Lipinski definition) is 0. The lowest BCUT2D eigenvalue weighted by atomic mass is 10.0. The fraction of sp³-hybridized carbons (Fsp3) is 0.900. The predicted octanol–water partition coefficient (Wildman–Crippen LogP) is 1.80. The monoisotopic (exact) mass is 263 g/mol. The molecule has 0 saturated carbocycles. The summed E-state index contributed by atoms with van der Waals surface area (Å²) < 4.78 is 4.68. The van der Waals surface area contributed by atoms with Crippen molar-refractivity contribution in [3.63, 3.8) is 0 Å². The van der Waals surface area contributed by atoms with E-state index in [1.165, 1.54) is 26.4 Å². The number of piperidine rings is 1. The SMILES string of the molecule is COC(=O)C(Br)CN1CCCCC1C. The van der Waals surface area contributed by atoms with Gasteiger partial charge in [0.1, 0.15) is 4.83 Å². The maximum Gasteiger partial charge on any atom is 0.320 e. The van der Waals surface area contributed by atoms with Gasteiger partial charge in [-0.25, -0.2) is 0 Å². The summed E-state index contributed by atoms with van der Waals surface area (Å²) in [5.74, 6) is -0.178. The van der Waals surface area contributed by atoms with Crippen LogP contribution in [0.4, 0.5) is 0 Å². The number of carbonyl (C=O) groups excluding carboxylic acids is 1. The summed E-state index contributed by atoms with van der Waals surface area (Å²) in [4.78, 5) is 13.4. The summed E-state index contributed by atoms with van der Waals surface area (Å²) in [5, 5.41) is 0. The first-order chi connectivity index (χ1) is 6.65. The van der Waals surface area contributed by atoms with Gasteiger partial charge < -0.3 is 4.74 Å². The number of ether oxygens (including phenoxy) is 1. The van der Waals surface area contributed by atoms with Gasteiger partial charge in [0.05, 0.1) is 7.11 Å². The quantitative estimate of drug-likeness (QED) is 0.575. The van der Waals surface area contributed by atoms with Crippen molar-refractivity contribution in [2.75, 3.05) is 20.2 Å². The Bertz CT molecular complexity index is 199. The molecule has 0 radical (unpaired) electrons. The number of esters is 1. The minimum atomic E-state index is -0.187. The molecule has 82 valence electrons. The van der Waals surface area contributed by atoms with Gasteiger partial charge in [-0.3, -0.25) is 9.69 Å². The third kappa shape index (κ3) is 3.24. The first-order valence-electron chi connectivity index (χ1n) is 5.11. The maximum atomic E-state index is 11.2. The molecule has 1 saturated heterocycles. The van der Waals surface area contributed by atoms with Gasteiger partial charge in [-0.15, -0.1) is 0 Å². The zero-order valence-corrected chi connectivity index (χ0v) is 10.4. The van der Waals surface area contributed by atoms with Crippen LogP contribution < -0.4 is 0 Å². The Morgan fingerprint density at radius 3 is 2.93 bits per heavy atom. The molecule has 0 aromatic carbocycles. The van der Waals surface area contributed by atoms with Crippen molar-refractivity contribution < 1.29 is 9.53 Å². The van der Waals surface area contributed by atoms with Crippen molar-refractivity contribution in [2.45, 2.75) is 37.1 Å². The summed E-state index contributed by atoms with van der Waals surface area (Å²) >= 11 is 3.35. The fourth-order valence-electron chi connectivity index (χ4n) is 1.84. The van der Waals surface area contributed by atoms with Crippen molar-refractivity contribution in [3.8, 4) is 0 Å². The zero-order chi connectivity index (χ0) is 10.6. The van der Waals surface area contributed by atoms with E-state index >= 15 is 0 Å². The smallest absolute Gasteiger partial charge is 0.320 e. The molecule has 1 heterocycles. The molecule has 0 bridgehead atoms. The molecule has 14 heavy (non-hydrogen) atoms. The summed E-state index contributed by atoms with van der Waals surface area (Å²) in [7, 11) is 1.43. The summed E-state index contributed by atoms with van der Waals surface area (Å²) in [6.45, 7) is 4.07. The molecular formula is C10H18BrNO2. The van der Waals surface area contributed by atoms with Gasteiger partial charge in [0.25, 0.3) is 0 Å². The first-order valence-corrected chi connectivity index (χ1v) is 6.02. The number of rotatable bonds is 3. The molecule has 0 amide bonds. The van der Waals surface area contributed by atoms with Gasteiger partial charge in [0, 0.05) is 12.6 Å². The highest BCUT2D eigenvalue weighted by Crippen LogP contribution is 2.18. The van der Waals surface area contributed by atoms with E-state index in [1.807, 2.05) is 0 Å². The lowest BCUT2D eigenvalue weighted by Crippen LogP contribution is -2.42. The van der Waals surface area contributed by atoms with Crippen LogP contribution in [0, 0.1) is 0 Å². The topological polar surface area (TPSA) is 29.5 Å². The third-order valence-corrected chi connectivity index (χ3v) is 3.46. The molecule has 0 aliphatic carbocycles. The van der Waals surface area contributed by atoms with Gasteiger partial charge in [-0.1, -0.05) is 22.4 Å². The minimum Gasteiger partial charge on any atom is -0.468 e. The molecule has 1 fully saturated rings. The average Bonchev–Trinajstić information content (AvgIpc) is 2.20. The second-order valence-electron chi connectivity index (χ2n) is 3.83. The van der Waals surface area contributed by atoms with E-state index in [0.717, 1.165) is 13.1 Å². The lowest BCUT2D eigenvalue weighted by molar-refractivity contribution is -0.140. The Labute approximate surface area is 93.9 Å². The Kier molecular flexibility index (Phi) is 4.89. The zero-order valence-electron chi connectivity index (χ0n) is 8.83. The molecule has 3 nitrogen and oxygen atoms in total. The molecule has 0 aromatic rings. The van der Waals surface area contributed by atoms with Gasteiger partial charge in [0.2, 0.25) is 0 Å². The predicted molar refractivity (Wildman–Crippen MR) is 59.6 cm³/mol.